The number of nitrogens with one attached hydrogen (secondary N) is 1. The van der Waals surface area contributed by atoms with Gasteiger partial charge in [0.2, 0.25) is 15.9 Å². The van der Waals surface area contributed by atoms with Crippen molar-refractivity contribution in [3.05, 3.63) is 52.1 Å². The first-order valence-electron chi connectivity index (χ1n) is 9.19. The summed E-state index contributed by atoms with van der Waals surface area (Å²) in [6, 6.07) is 10.8. The van der Waals surface area contributed by atoms with E-state index in [4.69, 9.17) is 4.74 Å². The Morgan fingerprint density at radius 3 is 2.63 bits per heavy atom. The minimum absolute atomic E-state index is 0.0961. The molecule has 0 fully saturated rings. The molecule has 0 bridgehead atoms. The number of rotatable bonds is 7. The number of methoxy groups -OCH3 is 1. The van der Waals surface area contributed by atoms with Crippen LogP contribution in [0.15, 0.2) is 47.3 Å². The van der Waals surface area contributed by atoms with Gasteiger partial charge in [0.15, 0.2) is 0 Å². The van der Waals surface area contributed by atoms with Crippen LogP contribution in [0.1, 0.15) is 13.3 Å². The summed E-state index contributed by atoms with van der Waals surface area (Å²) in [5, 5.41) is 2.78. The standard InChI is InChI=1S/C20H23N3O5S2/c1-5-16(23(30(4,26)27)14-7-6-8-15(12-14)28-3)19(24)21-13-9-10-17-18(11-13)29-20(25)22(17)2/h6-12,16H,5H2,1-4H3,(H,21,24)/t16-/m0/s1. The number of carbonyl (C=O) groups is 1. The first-order valence-corrected chi connectivity index (χ1v) is 11.9. The second-order valence-corrected chi connectivity index (χ2v) is 9.64. The van der Waals surface area contributed by atoms with Crippen molar-refractivity contribution < 1.29 is 17.9 Å². The van der Waals surface area contributed by atoms with E-state index in [2.05, 4.69) is 5.32 Å². The minimum Gasteiger partial charge on any atom is -0.497 e. The van der Waals surface area contributed by atoms with Gasteiger partial charge >= 0.3 is 4.87 Å². The molecule has 0 aliphatic heterocycles. The fourth-order valence-corrected chi connectivity index (χ4v) is 5.37. The quantitative estimate of drug-likeness (QED) is 0.598. The maximum absolute atomic E-state index is 13.1. The van der Waals surface area contributed by atoms with Crippen molar-refractivity contribution >= 4 is 48.9 Å². The second-order valence-electron chi connectivity index (χ2n) is 6.78. The number of fused-ring (bicyclic) bond motifs is 1. The molecule has 0 aliphatic carbocycles. The number of thiazole rings is 1. The van der Waals surface area contributed by atoms with Gasteiger partial charge < -0.3 is 14.6 Å². The normalized spacial score (nSPS) is 12.5. The smallest absolute Gasteiger partial charge is 0.307 e. The lowest BCUT2D eigenvalue weighted by Gasteiger charge is -2.30. The summed E-state index contributed by atoms with van der Waals surface area (Å²) < 4.78 is 33.7. The van der Waals surface area contributed by atoms with Gasteiger partial charge in [-0.1, -0.05) is 24.3 Å². The average molecular weight is 450 g/mol. The summed E-state index contributed by atoms with van der Waals surface area (Å²) in [5.41, 5.74) is 1.60. The number of amides is 1. The molecule has 10 heteroatoms. The Balaban J connectivity index is 1.95. The van der Waals surface area contributed by atoms with Crippen molar-refractivity contribution in [2.75, 3.05) is 23.0 Å². The van der Waals surface area contributed by atoms with E-state index in [-0.39, 0.29) is 11.3 Å². The van der Waals surface area contributed by atoms with Crippen molar-refractivity contribution in [1.29, 1.82) is 0 Å². The van der Waals surface area contributed by atoms with E-state index in [1.54, 1.807) is 56.4 Å². The molecule has 3 aromatic rings. The highest BCUT2D eigenvalue weighted by molar-refractivity contribution is 7.92. The molecule has 0 spiro atoms. The molecule has 1 amide bonds. The van der Waals surface area contributed by atoms with Crippen LogP contribution >= 0.6 is 11.3 Å². The van der Waals surface area contributed by atoms with Crippen LogP contribution in [-0.4, -0.2) is 38.3 Å². The molecule has 1 N–H and O–H groups in total. The van der Waals surface area contributed by atoms with E-state index in [0.29, 0.717) is 17.1 Å². The first kappa shape index (κ1) is 21.8. The molecular formula is C20H23N3O5S2. The maximum Gasteiger partial charge on any atom is 0.307 e. The van der Waals surface area contributed by atoms with Gasteiger partial charge in [-0.3, -0.25) is 13.9 Å². The second kappa shape index (κ2) is 8.49. The number of anilines is 2. The van der Waals surface area contributed by atoms with E-state index in [9.17, 15) is 18.0 Å². The van der Waals surface area contributed by atoms with Gasteiger partial charge in [0.25, 0.3) is 0 Å². The minimum atomic E-state index is -3.75. The third-order valence-corrected chi connectivity index (χ3v) is 6.87. The maximum atomic E-state index is 13.1. The molecule has 0 aliphatic rings. The van der Waals surface area contributed by atoms with Crippen molar-refractivity contribution in [2.24, 2.45) is 7.05 Å². The lowest BCUT2D eigenvalue weighted by molar-refractivity contribution is -0.117. The third-order valence-electron chi connectivity index (χ3n) is 4.70. The molecule has 8 nitrogen and oxygen atoms in total. The fraction of sp³-hybridized carbons (Fsp3) is 0.300. The summed E-state index contributed by atoms with van der Waals surface area (Å²) in [5.74, 6) is 0.0224. The Bertz CT molecular complexity index is 1250. The Morgan fingerprint density at radius 2 is 2.00 bits per heavy atom. The van der Waals surface area contributed by atoms with Gasteiger partial charge in [0, 0.05) is 18.8 Å². The number of carbonyl (C=O) groups excluding carboxylic acids is 1. The third kappa shape index (κ3) is 4.34. The number of sulfonamides is 1. The van der Waals surface area contributed by atoms with Crippen LogP contribution < -0.4 is 19.2 Å². The zero-order valence-corrected chi connectivity index (χ0v) is 18.7. The topological polar surface area (TPSA) is 97.7 Å². The Morgan fingerprint density at radius 1 is 1.27 bits per heavy atom. The lowest BCUT2D eigenvalue weighted by Crippen LogP contribution is -2.47. The number of aromatic nitrogens is 1. The van der Waals surface area contributed by atoms with Crippen LogP contribution in [0.25, 0.3) is 10.2 Å². The van der Waals surface area contributed by atoms with Crippen molar-refractivity contribution in [3.63, 3.8) is 0 Å². The van der Waals surface area contributed by atoms with Crippen LogP contribution in [0.3, 0.4) is 0 Å². The van der Waals surface area contributed by atoms with Crippen LogP contribution in [0.4, 0.5) is 11.4 Å². The Labute approximate surface area is 178 Å². The largest absolute Gasteiger partial charge is 0.497 e. The number of hydrogen-bond donors (Lipinski definition) is 1. The zero-order chi connectivity index (χ0) is 22.1. The summed E-state index contributed by atoms with van der Waals surface area (Å²) in [6.45, 7) is 1.74. The lowest BCUT2D eigenvalue weighted by atomic mass is 10.1. The monoisotopic (exact) mass is 449 g/mol. The molecule has 0 saturated carbocycles. The van der Waals surface area contributed by atoms with E-state index >= 15 is 0 Å². The molecule has 0 unspecified atom stereocenters. The van der Waals surface area contributed by atoms with E-state index in [1.165, 1.54) is 11.7 Å². The zero-order valence-electron chi connectivity index (χ0n) is 17.1. The predicted octanol–water partition coefficient (Wildman–Crippen LogP) is 2.79. The molecule has 1 atom stereocenters. The SMILES string of the molecule is CC[C@@H](C(=O)Nc1ccc2c(c1)sc(=O)n2C)N(c1cccc(OC)c1)S(C)(=O)=O. The summed E-state index contributed by atoms with van der Waals surface area (Å²) in [7, 11) is -0.581. The number of ether oxygens (including phenoxy) is 1. The molecule has 0 radical (unpaired) electrons. The van der Waals surface area contributed by atoms with E-state index in [1.807, 2.05) is 0 Å². The molecule has 2 aromatic carbocycles. The summed E-state index contributed by atoms with van der Waals surface area (Å²) in [6.07, 6.45) is 1.33. The number of aryl methyl sites for hydroxylation is 1. The summed E-state index contributed by atoms with van der Waals surface area (Å²) >= 11 is 1.08. The fourth-order valence-electron chi connectivity index (χ4n) is 3.25. The first-order chi connectivity index (χ1) is 14.2. The molecule has 1 heterocycles. The highest BCUT2D eigenvalue weighted by Crippen LogP contribution is 2.27. The van der Waals surface area contributed by atoms with E-state index < -0.39 is 22.0 Å². The van der Waals surface area contributed by atoms with Crippen LogP contribution in [0, 0.1) is 0 Å². The van der Waals surface area contributed by atoms with Gasteiger partial charge in [-0.2, -0.15) is 0 Å². The van der Waals surface area contributed by atoms with Gasteiger partial charge in [0.05, 0.1) is 29.3 Å². The van der Waals surface area contributed by atoms with Gasteiger partial charge in [-0.05, 0) is 36.8 Å². The molecule has 30 heavy (non-hydrogen) atoms. The molecule has 0 saturated heterocycles. The number of nitrogens with zero attached hydrogens (tertiary/aromatic N) is 2. The summed E-state index contributed by atoms with van der Waals surface area (Å²) in [4.78, 5) is 24.8. The van der Waals surface area contributed by atoms with E-state index in [0.717, 1.165) is 32.1 Å². The van der Waals surface area contributed by atoms with Gasteiger partial charge in [-0.25, -0.2) is 8.42 Å². The number of hydrogen-bond acceptors (Lipinski definition) is 6. The Kier molecular flexibility index (Phi) is 6.18. The van der Waals surface area contributed by atoms with Crippen LogP contribution in [0.5, 0.6) is 5.75 Å². The van der Waals surface area contributed by atoms with Crippen molar-refractivity contribution in [2.45, 2.75) is 19.4 Å². The number of benzene rings is 2. The van der Waals surface area contributed by atoms with Crippen LogP contribution in [-0.2, 0) is 21.9 Å². The van der Waals surface area contributed by atoms with Gasteiger partial charge in [0.1, 0.15) is 11.8 Å². The molecular weight excluding hydrogens is 426 g/mol. The molecule has 3 rings (SSSR count). The van der Waals surface area contributed by atoms with Crippen LogP contribution in [0.2, 0.25) is 0 Å². The molecule has 1 aromatic heterocycles. The van der Waals surface area contributed by atoms with Gasteiger partial charge in [-0.15, -0.1) is 0 Å². The highest BCUT2D eigenvalue weighted by atomic mass is 32.2. The molecule has 160 valence electrons. The van der Waals surface area contributed by atoms with Crippen molar-refractivity contribution in [1.82, 2.24) is 4.57 Å². The Hall–Kier alpha value is -2.85. The highest BCUT2D eigenvalue weighted by Gasteiger charge is 2.31. The average Bonchev–Trinajstić information content (AvgIpc) is 2.98. The van der Waals surface area contributed by atoms with Crippen molar-refractivity contribution in [3.8, 4) is 5.75 Å². The predicted molar refractivity (Wildman–Crippen MR) is 120 cm³/mol.